The van der Waals surface area contributed by atoms with Crippen LogP contribution in [0.5, 0.6) is 0 Å². The first-order chi connectivity index (χ1) is 14.7. The molecule has 6 heteroatoms. The maximum atomic E-state index is 12.8. The third-order valence-electron chi connectivity index (χ3n) is 6.43. The van der Waals surface area contributed by atoms with Gasteiger partial charge in [-0.25, -0.2) is 0 Å². The van der Waals surface area contributed by atoms with Gasteiger partial charge in [-0.05, 0) is 44.2 Å². The molecule has 1 atom stereocenters. The van der Waals surface area contributed by atoms with Crippen molar-refractivity contribution in [1.29, 1.82) is 0 Å². The molecule has 1 aliphatic carbocycles. The summed E-state index contributed by atoms with van der Waals surface area (Å²) >= 11 is 0. The van der Waals surface area contributed by atoms with E-state index < -0.39 is 0 Å². The molecule has 2 N–H and O–H groups in total. The highest BCUT2D eigenvalue weighted by Crippen LogP contribution is 2.26. The third-order valence-corrected chi connectivity index (χ3v) is 6.43. The Balaban J connectivity index is 1.31. The van der Waals surface area contributed by atoms with Crippen LogP contribution in [-0.4, -0.2) is 63.1 Å². The van der Waals surface area contributed by atoms with Crippen molar-refractivity contribution < 1.29 is 4.79 Å². The summed E-state index contributed by atoms with van der Waals surface area (Å²) in [4.78, 5) is 21.5. The number of aliphatic imine (C=N–C) groups is 1. The van der Waals surface area contributed by atoms with Crippen molar-refractivity contribution in [3.8, 4) is 0 Å². The molecule has 1 amide bonds. The SMILES string of the molecule is CN=C(NCCCCN(C)c1ccccc1)NC1CCN(C(=O)C2CCCCC2)C1. The average Bonchev–Trinajstić information content (AvgIpc) is 3.27. The highest BCUT2D eigenvalue weighted by molar-refractivity contribution is 5.81. The Morgan fingerprint density at radius 2 is 1.90 bits per heavy atom. The number of likely N-dealkylation sites (tertiary alicyclic amines) is 1. The maximum Gasteiger partial charge on any atom is 0.225 e. The topological polar surface area (TPSA) is 60.0 Å². The largest absolute Gasteiger partial charge is 0.375 e. The van der Waals surface area contributed by atoms with E-state index in [2.05, 4.69) is 62.8 Å². The summed E-state index contributed by atoms with van der Waals surface area (Å²) in [5.74, 6) is 1.50. The predicted molar refractivity (Wildman–Crippen MR) is 125 cm³/mol. The van der Waals surface area contributed by atoms with E-state index in [-0.39, 0.29) is 5.92 Å². The molecule has 1 heterocycles. The molecule has 166 valence electrons. The Labute approximate surface area is 182 Å². The summed E-state index contributed by atoms with van der Waals surface area (Å²) in [6.45, 7) is 3.62. The van der Waals surface area contributed by atoms with Gasteiger partial charge in [-0.3, -0.25) is 9.79 Å². The number of amides is 1. The molecule has 6 nitrogen and oxygen atoms in total. The van der Waals surface area contributed by atoms with Gasteiger partial charge in [-0.1, -0.05) is 37.5 Å². The van der Waals surface area contributed by atoms with Crippen molar-refractivity contribution in [2.75, 3.05) is 45.2 Å². The summed E-state index contributed by atoms with van der Waals surface area (Å²) in [5, 5.41) is 6.95. The van der Waals surface area contributed by atoms with E-state index in [1.165, 1.54) is 24.9 Å². The smallest absolute Gasteiger partial charge is 0.225 e. The predicted octanol–water partition coefficient (Wildman–Crippen LogP) is 3.25. The Morgan fingerprint density at radius 3 is 2.63 bits per heavy atom. The molecule has 3 rings (SSSR count). The monoisotopic (exact) mass is 413 g/mol. The Hall–Kier alpha value is -2.24. The molecule has 1 saturated carbocycles. The van der Waals surface area contributed by atoms with Crippen molar-refractivity contribution in [2.45, 2.75) is 57.4 Å². The van der Waals surface area contributed by atoms with Crippen LogP contribution in [-0.2, 0) is 4.79 Å². The number of para-hydroxylation sites is 1. The van der Waals surface area contributed by atoms with Crippen LogP contribution in [0.4, 0.5) is 5.69 Å². The standard InChI is InChI=1S/C24H39N5O/c1-25-24(26-16-9-10-17-28(2)22-13-7-4-8-14-22)27-21-15-18-29(19-21)23(30)20-11-5-3-6-12-20/h4,7-8,13-14,20-21H,3,5-6,9-12,15-19H2,1-2H3,(H2,25,26,27). The van der Waals surface area contributed by atoms with Gasteiger partial charge in [-0.15, -0.1) is 0 Å². The Kier molecular flexibility index (Phi) is 8.84. The van der Waals surface area contributed by atoms with E-state index in [9.17, 15) is 4.79 Å². The van der Waals surface area contributed by atoms with Gasteiger partial charge in [0.05, 0.1) is 0 Å². The normalized spacial score (nSPS) is 20.3. The van der Waals surface area contributed by atoms with Crippen LogP contribution in [0.2, 0.25) is 0 Å². The second-order valence-corrected chi connectivity index (χ2v) is 8.71. The lowest BCUT2D eigenvalue weighted by Crippen LogP contribution is -2.45. The Bertz CT molecular complexity index is 671. The molecule has 0 aromatic heterocycles. The molecule has 2 fully saturated rings. The molecule has 0 bridgehead atoms. The molecule has 1 saturated heterocycles. The van der Waals surface area contributed by atoms with Crippen LogP contribution in [0, 0.1) is 5.92 Å². The number of carbonyl (C=O) groups excluding carboxylic acids is 1. The van der Waals surface area contributed by atoms with Gasteiger partial charge in [0.25, 0.3) is 0 Å². The summed E-state index contributed by atoms with van der Waals surface area (Å²) in [5.41, 5.74) is 1.26. The van der Waals surface area contributed by atoms with Crippen LogP contribution in [0.25, 0.3) is 0 Å². The minimum Gasteiger partial charge on any atom is -0.375 e. The lowest BCUT2D eigenvalue weighted by Gasteiger charge is -2.26. The average molecular weight is 414 g/mol. The minimum absolute atomic E-state index is 0.268. The summed E-state index contributed by atoms with van der Waals surface area (Å²) in [6, 6.07) is 10.8. The third kappa shape index (κ3) is 6.64. The number of nitrogens with zero attached hydrogens (tertiary/aromatic N) is 3. The number of hydrogen-bond acceptors (Lipinski definition) is 3. The van der Waals surface area contributed by atoms with Gasteiger partial charge in [0, 0.05) is 57.9 Å². The van der Waals surface area contributed by atoms with Crippen LogP contribution < -0.4 is 15.5 Å². The Morgan fingerprint density at radius 1 is 1.13 bits per heavy atom. The molecular weight excluding hydrogens is 374 g/mol. The number of unbranched alkanes of at least 4 members (excludes halogenated alkanes) is 1. The van der Waals surface area contributed by atoms with Crippen molar-refractivity contribution in [2.24, 2.45) is 10.9 Å². The first kappa shape index (κ1) is 22.4. The summed E-state index contributed by atoms with van der Waals surface area (Å²) in [7, 11) is 3.96. The van der Waals surface area contributed by atoms with Gasteiger partial charge < -0.3 is 20.4 Å². The number of guanidine groups is 1. The van der Waals surface area contributed by atoms with Crippen molar-refractivity contribution >= 4 is 17.6 Å². The maximum absolute atomic E-state index is 12.8. The second kappa shape index (κ2) is 11.8. The molecule has 1 aromatic rings. The summed E-state index contributed by atoms with van der Waals surface area (Å²) < 4.78 is 0. The fourth-order valence-electron chi connectivity index (χ4n) is 4.57. The zero-order chi connectivity index (χ0) is 21.2. The van der Waals surface area contributed by atoms with E-state index in [0.717, 1.165) is 64.2 Å². The highest BCUT2D eigenvalue weighted by atomic mass is 16.2. The molecule has 0 spiro atoms. The van der Waals surface area contributed by atoms with E-state index in [4.69, 9.17) is 0 Å². The van der Waals surface area contributed by atoms with Gasteiger partial charge in [0.1, 0.15) is 0 Å². The van der Waals surface area contributed by atoms with Crippen LogP contribution in [0.3, 0.4) is 0 Å². The minimum atomic E-state index is 0.268. The van der Waals surface area contributed by atoms with E-state index >= 15 is 0 Å². The zero-order valence-electron chi connectivity index (χ0n) is 18.8. The molecule has 0 radical (unpaired) electrons. The van der Waals surface area contributed by atoms with E-state index in [1.807, 2.05) is 7.05 Å². The fraction of sp³-hybridized carbons (Fsp3) is 0.667. The van der Waals surface area contributed by atoms with E-state index in [1.54, 1.807) is 0 Å². The van der Waals surface area contributed by atoms with E-state index in [0.29, 0.717) is 11.9 Å². The number of nitrogens with one attached hydrogen (secondary N) is 2. The number of carbonyl (C=O) groups is 1. The highest BCUT2D eigenvalue weighted by Gasteiger charge is 2.31. The van der Waals surface area contributed by atoms with Crippen LogP contribution in [0.15, 0.2) is 35.3 Å². The zero-order valence-corrected chi connectivity index (χ0v) is 18.8. The van der Waals surface area contributed by atoms with Crippen molar-refractivity contribution in [3.05, 3.63) is 30.3 Å². The molecule has 30 heavy (non-hydrogen) atoms. The number of rotatable bonds is 8. The molecule has 1 aliphatic heterocycles. The first-order valence-corrected chi connectivity index (χ1v) is 11.7. The van der Waals surface area contributed by atoms with Crippen molar-refractivity contribution in [1.82, 2.24) is 15.5 Å². The summed E-state index contributed by atoms with van der Waals surface area (Å²) in [6.07, 6.45) is 9.09. The first-order valence-electron chi connectivity index (χ1n) is 11.7. The van der Waals surface area contributed by atoms with Crippen LogP contribution >= 0.6 is 0 Å². The lowest BCUT2D eigenvalue weighted by molar-refractivity contribution is -0.135. The fourth-order valence-corrected chi connectivity index (χ4v) is 4.57. The lowest BCUT2D eigenvalue weighted by atomic mass is 9.88. The van der Waals surface area contributed by atoms with Gasteiger partial charge >= 0.3 is 0 Å². The van der Waals surface area contributed by atoms with Gasteiger partial charge in [0.15, 0.2) is 5.96 Å². The quantitative estimate of drug-likeness (QED) is 0.390. The molecule has 1 unspecified atom stereocenters. The molecule has 1 aromatic carbocycles. The van der Waals surface area contributed by atoms with Gasteiger partial charge in [0.2, 0.25) is 5.91 Å². The molecule has 2 aliphatic rings. The number of anilines is 1. The van der Waals surface area contributed by atoms with Crippen LogP contribution in [0.1, 0.15) is 51.4 Å². The molecular formula is C24H39N5O. The van der Waals surface area contributed by atoms with Crippen molar-refractivity contribution in [3.63, 3.8) is 0 Å². The number of benzene rings is 1. The van der Waals surface area contributed by atoms with Gasteiger partial charge in [-0.2, -0.15) is 0 Å². The second-order valence-electron chi connectivity index (χ2n) is 8.71. The number of hydrogen-bond donors (Lipinski definition) is 2.